The van der Waals surface area contributed by atoms with E-state index in [4.69, 9.17) is 24.7 Å². The first-order valence-corrected chi connectivity index (χ1v) is 12.0. The molecule has 3 aromatic carbocycles. The highest BCUT2D eigenvalue weighted by Gasteiger charge is 2.29. The fourth-order valence-electron chi connectivity index (χ4n) is 3.42. The first-order chi connectivity index (χ1) is 20.3. The van der Waals surface area contributed by atoms with Crippen molar-refractivity contribution in [2.75, 3.05) is 0 Å². The average Bonchev–Trinajstić information content (AvgIpc) is 2.93. The van der Waals surface area contributed by atoms with Crippen LogP contribution < -0.4 is 24.7 Å². The number of carbonyl (C=O) groups is 3. The van der Waals surface area contributed by atoms with Gasteiger partial charge in [0.05, 0.1) is 0 Å². The Kier molecular flexibility index (Phi) is 10.3. The molecule has 0 spiro atoms. The maximum Gasteiger partial charge on any atom is 0.519 e. The van der Waals surface area contributed by atoms with E-state index in [1.54, 1.807) is 0 Å². The molecule has 0 bridgehead atoms. The predicted molar refractivity (Wildman–Crippen MR) is 140 cm³/mol. The number of nitrogens with two attached hydrogens (primary N) is 1. The predicted octanol–water partition coefficient (Wildman–Crippen LogP) is 3.60. The van der Waals surface area contributed by atoms with E-state index in [2.05, 4.69) is 9.68 Å². The second-order valence-electron chi connectivity index (χ2n) is 8.80. The Bertz CT molecular complexity index is 1520. The highest BCUT2D eigenvalue weighted by molar-refractivity contribution is 5.78. The van der Waals surface area contributed by atoms with Gasteiger partial charge in [-0.05, 0) is 36.8 Å². The zero-order valence-corrected chi connectivity index (χ0v) is 22.2. The van der Waals surface area contributed by atoms with Gasteiger partial charge in [0.1, 0.15) is 30.3 Å². The highest BCUT2D eigenvalue weighted by Crippen LogP contribution is 2.32. The van der Waals surface area contributed by atoms with Gasteiger partial charge >= 0.3 is 18.3 Å². The molecule has 3 aromatic rings. The molecule has 0 aromatic heterocycles. The summed E-state index contributed by atoms with van der Waals surface area (Å²) in [6.07, 6.45) is -2.93. The van der Waals surface area contributed by atoms with Crippen LogP contribution >= 0.6 is 0 Å². The van der Waals surface area contributed by atoms with Crippen molar-refractivity contribution < 1.29 is 58.3 Å². The SMILES string of the molecule is CC(N)(Cc1ccc(OC(=O)Oc2ccccc2CO[N+](=O)[O-])c(OC(=O)Oc2ccccc2CO[N+](=O)[O-])c1)C(=O)O. The van der Waals surface area contributed by atoms with Gasteiger partial charge < -0.3 is 39.5 Å². The summed E-state index contributed by atoms with van der Waals surface area (Å²) in [6, 6.07) is 15.2. The lowest BCUT2D eigenvalue weighted by Crippen LogP contribution is -2.46. The highest BCUT2D eigenvalue weighted by atomic mass is 17.0. The Labute approximate surface area is 241 Å². The van der Waals surface area contributed by atoms with Crippen LogP contribution in [-0.2, 0) is 34.1 Å². The molecular weight excluding hydrogens is 578 g/mol. The number of ether oxygens (including phenoxy) is 4. The van der Waals surface area contributed by atoms with Gasteiger partial charge in [-0.1, -0.05) is 42.5 Å². The van der Waals surface area contributed by atoms with Gasteiger partial charge in [-0.3, -0.25) is 4.79 Å². The van der Waals surface area contributed by atoms with Gasteiger partial charge in [0.2, 0.25) is 0 Å². The molecule has 17 nitrogen and oxygen atoms in total. The molecule has 1 unspecified atom stereocenters. The number of para-hydroxylation sites is 2. The van der Waals surface area contributed by atoms with Gasteiger partial charge in [-0.15, -0.1) is 20.2 Å². The van der Waals surface area contributed by atoms with Crippen molar-refractivity contribution in [1.82, 2.24) is 0 Å². The summed E-state index contributed by atoms with van der Waals surface area (Å²) in [5.74, 6) is -2.36. The van der Waals surface area contributed by atoms with Crippen molar-refractivity contribution in [1.29, 1.82) is 0 Å². The summed E-state index contributed by atoms with van der Waals surface area (Å²) < 4.78 is 20.7. The number of carboxylic acids is 1. The van der Waals surface area contributed by atoms with Crippen LogP contribution in [0.15, 0.2) is 66.7 Å². The smallest absolute Gasteiger partial charge is 0.480 e. The topological polar surface area (TPSA) is 239 Å². The Morgan fingerprint density at radius 1 is 0.744 bits per heavy atom. The van der Waals surface area contributed by atoms with E-state index in [1.165, 1.54) is 73.7 Å². The summed E-state index contributed by atoms with van der Waals surface area (Å²) in [4.78, 5) is 66.5. The maximum atomic E-state index is 12.7. The van der Waals surface area contributed by atoms with Crippen molar-refractivity contribution in [3.8, 4) is 23.0 Å². The standard InChI is InChI=1S/C26H23N3O14/c1-26(27,23(30)31)13-16-10-11-21(42-24(32)40-19-8-4-2-6-17(19)14-38-28(34)35)22(12-16)43-25(33)41-20-9-5-3-7-18(20)15-39-29(36)37/h2-12H,13-15,27H2,1H3,(H,30,31). The monoisotopic (exact) mass is 601 g/mol. The van der Waals surface area contributed by atoms with Gasteiger partial charge in [0, 0.05) is 17.5 Å². The second kappa shape index (κ2) is 14.1. The number of aliphatic carboxylic acids is 1. The van der Waals surface area contributed by atoms with Crippen LogP contribution in [0.5, 0.6) is 23.0 Å². The third-order valence-electron chi connectivity index (χ3n) is 5.44. The molecule has 0 fully saturated rings. The van der Waals surface area contributed by atoms with E-state index in [0.717, 1.165) is 0 Å². The van der Waals surface area contributed by atoms with E-state index in [1.807, 2.05) is 0 Å². The van der Waals surface area contributed by atoms with Crippen LogP contribution in [-0.4, -0.2) is 39.1 Å². The summed E-state index contributed by atoms with van der Waals surface area (Å²) in [5.41, 5.74) is 4.64. The number of carboxylic acid groups (broad SMARTS) is 1. The number of hydrogen-bond donors (Lipinski definition) is 2. The van der Waals surface area contributed by atoms with Crippen molar-refractivity contribution in [3.63, 3.8) is 0 Å². The quantitative estimate of drug-likeness (QED) is 0.123. The molecule has 3 rings (SSSR count). The van der Waals surface area contributed by atoms with Crippen molar-refractivity contribution in [3.05, 3.63) is 104 Å². The maximum absolute atomic E-state index is 12.7. The van der Waals surface area contributed by atoms with Crippen LogP contribution in [0.1, 0.15) is 23.6 Å². The lowest BCUT2D eigenvalue weighted by atomic mass is 9.94. The first-order valence-electron chi connectivity index (χ1n) is 12.0. The molecule has 0 radical (unpaired) electrons. The minimum absolute atomic E-state index is 0.123. The average molecular weight is 601 g/mol. The summed E-state index contributed by atoms with van der Waals surface area (Å²) >= 11 is 0. The van der Waals surface area contributed by atoms with Crippen molar-refractivity contribution in [2.45, 2.75) is 32.1 Å². The first kappa shape index (κ1) is 31.6. The third-order valence-corrected chi connectivity index (χ3v) is 5.44. The van der Waals surface area contributed by atoms with E-state index < -0.39 is 53.0 Å². The van der Waals surface area contributed by atoms with Crippen LogP contribution in [0.3, 0.4) is 0 Å². The third kappa shape index (κ3) is 9.57. The van der Waals surface area contributed by atoms with Gasteiger partial charge in [0.15, 0.2) is 11.5 Å². The molecule has 0 aliphatic carbocycles. The molecule has 43 heavy (non-hydrogen) atoms. The number of carbonyl (C=O) groups excluding carboxylic acids is 2. The lowest BCUT2D eigenvalue weighted by Gasteiger charge is -2.20. The number of benzene rings is 3. The summed E-state index contributed by atoms with van der Waals surface area (Å²) in [7, 11) is 0. The Balaban J connectivity index is 1.84. The van der Waals surface area contributed by atoms with Crippen molar-refractivity contribution >= 4 is 18.3 Å². The lowest BCUT2D eigenvalue weighted by molar-refractivity contribution is -0.763. The number of nitrogens with zero attached hydrogens (tertiary/aromatic N) is 2. The second-order valence-corrected chi connectivity index (χ2v) is 8.80. The molecule has 17 heteroatoms. The molecular formula is C26H23N3O14. The van der Waals surface area contributed by atoms with E-state index in [0.29, 0.717) is 0 Å². The van der Waals surface area contributed by atoms with E-state index in [9.17, 15) is 39.7 Å². The van der Waals surface area contributed by atoms with Crippen LogP contribution in [0.4, 0.5) is 9.59 Å². The minimum Gasteiger partial charge on any atom is -0.480 e. The molecule has 0 aliphatic rings. The van der Waals surface area contributed by atoms with Crippen molar-refractivity contribution in [2.24, 2.45) is 5.73 Å². The van der Waals surface area contributed by atoms with Crippen LogP contribution in [0.25, 0.3) is 0 Å². The molecule has 1 atom stereocenters. The molecule has 226 valence electrons. The minimum atomic E-state index is -1.72. The van der Waals surface area contributed by atoms with E-state index in [-0.39, 0.29) is 40.4 Å². The van der Waals surface area contributed by atoms with Crippen LogP contribution in [0, 0.1) is 20.2 Å². The summed E-state index contributed by atoms with van der Waals surface area (Å²) in [5, 5.41) is 28.4. The zero-order valence-electron chi connectivity index (χ0n) is 22.2. The van der Waals surface area contributed by atoms with Gasteiger partial charge in [-0.2, -0.15) is 0 Å². The molecule has 0 saturated carbocycles. The Hall–Kier alpha value is -5.97. The molecule has 0 aliphatic heterocycles. The molecule has 0 saturated heterocycles. The summed E-state index contributed by atoms with van der Waals surface area (Å²) in [6.45, 7) is 0.196. The van der Waals surface area contributed by atoms with E-state index >= 15 is 0 Å². The fourth-order valence-corrected chi connectivity index (χ4v) is 3.42. The molecule has 3 N–H and O–H groups in total. The zero-order chi connectivity index (χ0) is 31.6. The fraction of sp³-hybridized carbons (Fsp3) is 0.192. The molecule has 0 amide bonds. The molecule has 0 heterocycles. The van der Waals surface area contributed by atoms with Crippen LogP contribution in [0.2, 0.25) is 0 Å². The number of hydrogen-bond acceptors (Lipinski definition) is 14. The van der Waals surface area contributed by atoms with Gasteiger partial charge in [0.25, 0.3) is 10.2 Å². The van der Waals surface area contributed by atoms with Gasteiger partial charge in [-0.25, -0.2) is 9.59 Å². The number of rotatable bonds is 13. The largest absolute Gasteiger partial charge is 0.519 e. The Morgan fingerprint density at radius 2 is 1.19 bits per heavy atom. The normalized spacial score (nSPS) is 11.8. The Morgan fingerprint density at radius 3 is 1.65 bits per heavy atom.